The number of hydrogen-bond acceptors (Lipinski definition) is 3. The lowest BCUT2D eigenvalue weighted by Crippen LogP contribution is -2.52. The molecule has 5 fully saturated rings. The fourth-order valence-electron chi connectivity index (χ4n) is 6.43. The van der Waals surface area contributed by atoms with E-state index in [9.17, 15) is 5.11 Å². The smallest absolute Gasteiger partial charge is 0.0558 e. The molecule has 3 heteroatoms. The van der Waals surface area contributed by atoms with Gasteiger partial charge in [0.1, 0.15) is 0 Å². The highest BCUT2D eigenvalue weighted by molar-refractivity contribution is 5.02. The van der Waals surface area contributed by atoms with Crippen molar-refractivity contribution in [3.63, 3.8) is 0 Å². The van der Waals surface area contributed by atoms with Gasteiger partial charge in [-0.15, -0.1) is 0 Å². The second kappa shape index (κ2) is 5.82. The van der Waals surface area contributed by atoms with E-state index in [1.54, 1.807) is 0 Å². The Morgan fingerprint density at radius 3 is 2.24 bits per heavy atom. The van der Waals surface area contributed by atoms with Crippen LogP contribution in [0.25, 0.3) is 0 Å². The van der Waals surface area contributed by atoms with Gasteiger partial charge in [0.2, 0.25) is 0 Å². The van der Waals surface area contributed by atoms with Gasteiger partial charge in [-0.2, -0.15) is 0 Å². The molecule has 0 aromatic rings. The van der Waals surface area contributed by atoms with Crippen LogP contribution in [0.3, 0.4) is 0 Å². The van der Waals surface area contributed by atoms with Gasteiger partial charge in [0, 0.05) is 26.2 Å². The van der Waals surface area contributed by atoms with Crippen LogP contribution in [0.2, 0.25) is 0 Å². The van der Waals surface area contributed by atoms with Crippen molar-refractivity contribution in [2.45, 2.75) is 44.9 Å². The summed E-state index contributed by atoms with van der Waals surface area (Å²) in [5, 5.41) is 9.45. The summed E-state index contributed by atoms with van der Waals surface area (Å²) >= 11 is 0. The highest BCUT2D eigenvalue weighted by Crippen LogP contribution is 2.60. The average molecular weight is 293 g/mol. The lowest BCUT2D eigenvalue weighted by Gasteiger charge is -2.58. The summed E-state index contributed by atoms with van der Waals surface area (Å²) in [6.07, 6.45) is 10.2. The van der Waals surface area contributed by atoms with E-state index in [4.69, 9.17) is 4.74 Å². The summed E-state index contributed by atoms with van der Waals surface area (Å²) in [6, 6.07) is 0. The van der Waals surface area contributed by atoms with Gasteiger partial charge < -0.3 is 14.7 Å². The molecule has 5 aliphatic rings. The Morgan fingerprint density at radius 2 is 1.71 bits per heavy atom. The zero-order valence-electron chi connectivity index (χ0n) is 13.3. The van der Waals surface area contributed by atoms with Crippen LogP contribution in [-0.2, 0) is 4.74 Å². The zero-order valence-corrected chi connectivity index (χ0v) is 13.3. The van der Waals surface area contributed by atoms with E-state index >= 15 is 0 Å². The molecule has 0 aromatic heterocycles. The van der Waals surface area contributed by atoms with Crippen LogP contribution in [0.5, 0.6) is 0 Å². The van der Waals surface area contributed by atoms with Crippen molar-refractivity contribution in [2.24, 2.45) is 29.1 Å². The van der Waals surface area contributed by atoms with Crippen molar-refractivity contribution in [1.29, 1.82) is 0 Å². The highest BCUT2D eigenvalue weighted by atomic mass is 16.5. The molecule has 1 aliphatic heterocycles. The maximum atomic E-state index is 9.45. The molecule has 120 valence electrons. The third-order valence-electron chi connectivity index (χ3n) is 6.68. The molecule has 4 saturated carbocycles. The topological polar surface area (TPSA) is 32.7 Å². The molecule has 4 bridgehead atoms. The first-order valence-corrected chi connectivity index (χ1v) is 9.16. The van der Waals surface area contributed by atoms with E-state index < -0.39 is 0 Å². The molecule has 1 atom stereocenters. The largest absolute Gasteiger partial charge is 0.395 e. The molecule has 4 aliphatic carbocycles. The van der Waals surface area contributed by atoms with E-state index in [0.717, 1.165) is 44.1 Å². The van der Waals surface area contributed by atoms with E-state index in [0.29, 0.717) is 17.9 Å². The van der Waals surface area contributed by atoms with Crippen LogP contribution in [0.15, 0.2) is 0 Å². The minimum Gasteiger partial charge on any atom is -0.395 e. The molecule has 0 unspecified atom stereocenters. The Hall–Kier alpha value is -0.120. The van der Waals surface area contributed by atoms with Crippen molar-refractivity contribution < 1.29 is 9.84 Å². The average Bonchev–Trinajstić information content (AvgIpc) is 2.89. The summed E-state index contributed by atoms with van der Waals surface area (Å²) in [6.45, 7) is 5.42. The van der Waals surface area contributed by atoms with Crippen LogP contribution in [-0.4, -0.2) is 49.5 Å². The molecule has 3 nitrogen and oxygen atoms in total. The number of aliphatic hydroxyl groups excluding tert-OH is 1. The van der Waals surface area contributed by atoms with Gasteiger partial charge in [0.25, 0.3) is 0 Å². The first kappa shape index (κ1) is 14.5. The van der Waals surface area contributed by atoms with E-state index in [-0.39, 0.29) is 0 Å². The molecular weight excluding hydrogens is 262 g/mol. The van der Waals surface area contributed by atoms with E-state index in [1.807, 2.05) is 0 Å². The molecule has 1 N–H and O–H groups in total. The monoisotopic (exact) mass is 293 g/mol. The number of nitrogens with zero attached hydrogens (tertiary/aromatic N) is 1. The maximum Gasteiger partial charge on any atom is 0.0558 e. The Balaban J connectivity index is 1.42. The van der Waals surface area contributed by atoms with Crippen LogP contribution in [0, 0.1) is 29.1 Å². The highest BCUT2D eigenvalue weighted by Gasteiger charge is 2.51. The third kappa shape index (κ3) is 3.02. The van der Waals surface area contributed by atoms with Crippen molar-refractivity contribution in [1.82, 2.24) is 4.90 Å². The molecule has 21 heavy (non-hydrogen) atoms. The molecule has 0 radical (unpaired) electrons. The second-order valence-electron chi connectivity index (χ2n) is 8.61. The molecule has 0 amide bonds. The summed E-state index contributed by atoms with van der Waals surface area (Å²) < 4.78 is 5.54. The van der Waals surface area contributed by atoms with Crippen molar-refractivity contribution in [2.75, 3.05) is 39.5 Å². The predicted molar refractivity (Wildman–Crippen MR) is 83.1 cm³/mol. The van der Waals surface area contributed by atoms with Crippen molar-refractivity contribution in [3.05, 3.63) is 0 Å². The normalized spacial score (nSPS) is 44.9. The first-order valence-electron chi connectivity index (χ1n) is 9.16. The van der Waals surface area contributed by atoms with E-state index in [1.165, 1.54) is 51.5 Å². The molecule has 0 spiro atoms. The van der Waals surface area contributed by atoms with Gasteiger partial charge in [-0.1, -0.05) is 0 Å². The van der Waals surface area contributed by atoms with E-state index in [2.05, 4.69) is 4.90 Å². The second-order valence-corrected chi connectivity index (χ2v) is 8.61. The van der Waals surface area contributed by atoms with Gasteiger partial charge in [-0.05, 0) is 74.0 Å². The number of ether oxygens (including phenoxy) is 1. The minimum absolute atomic E-state index is 0.305. The lowest BCUT2D eigenvalue weighted by atomic mass is 9.49. The van der Waals surface area contributed by atoms with Gasteiger partial charge in [0.05, 0.1) is 13.2 Å². The van der Waals surface area contributed by atoms with Gasteiger partial charge >= 0.3 is 0 Å². The first-order chi connectivity index (χ1) is 10.2. The van der Waals surface area contributed by atoms with Crippen LogP contribution >= 0.6 is 0 Å². The fourth-order valence-corrected chi connectivity index (χ4v) is 6.43. The summed E-state index contributed by atoms with van der Waals surface area (Å²) in [5.41, 5.74) is 0.601. The standard InChI is InChI=1S/C18H31NO2/c20-3-2-19(11-14-1-4-21-12-14)13-18-8-15-5-16(9-18)7-17(6-15)10-18/h14-17,20H,1-13H2/t14-,15?,16?,17?,18?/m0/s1. The Morgan fingerprint density at radius 1 is 1.05 bits per heavy atom. The molecular formula is C18H31NO2. The van der Waals surface area contributed by atoms with Gasteiger partial charge in [-0.3, -0.25) is 0 Å². The SMILES string of the molecule is OCCN(C[C@@H]1CCOC1)CC12CC3CC(CC(C3)C1)C2. The number of hydrogen-bond donors (Lipinski definition) is 1. The number of rotatable bonds is 6. The third-order valence-corrected chi connectivity index (χ3v) is 6.68. The molecule has 1 saturated heterocycles. The van der Waals surface area contributed by atoms with Gasteiger partial charge in [0.15, 0.2) is 0 Å². The van der Waals surface area contributed by atoms with Crippen molar-refractivity contribution >= 4 is 0 Å². The quantitative estimate of drug-likeness (QED) is 0.817. The zero-order chi connectivity index (χ0) is 14.3. The van der Waals surface area contributed by atoms with Crippen LogP contribution < -0.4 is 0 Å². The summed E-state index contributed by atoms with van der Waals surface area (Å²) in [7, 11) is 0. The number of aliphatic hydroxyl groups is 1. The lowest BCUT2D eigenvalue weighted by molar-refractivity contribution is -0.0719. The summed E-state index contributed by atoms with van der Waals surface area (Å²) in [4.78, 5) is 2.58. The maximum absolute atomic E-state index is 9.45. The molecule has 0 aromatic carbocycles. The predicted octanol–water partition coefficient (Wildman–Crippen LogP) is 2.53. The Kier molecular flexibility index (Phi) is 4.01. The van der Waals surface area contributed by atoms with Crippen molar-refractivity contribution in [3.8, 4) is 0 Å². The summed E-state index contributed by atoms with van der Waals surface area (Å²) in [5.74, 6) is 3.79. The van der Waals surface area contributed by atoms with Gasteiger partial charge in [-0.25, -0.2) is 0 Å². The molecule has 5 rings (SSSR count). The molecule has 1 heterocycles. The minimum atomic E-state index is 0.305. The Labute approximate surface area is 129 Å². The van der Waals surface area contributed by atoms with Crippen LogP contribution in [0.1, 0.15) is 44.9 Å². The Bertz CT molecular complexity index is 329. The fraction of sp³-hybridized carbons (Fsp3) is 1.00. The van der Waals surface area contributed by atoms with Crippen LogP contribution in [0.4, 0.5) is 0 Å².